The lowest BCUT2D eigenvalue weighted by molar-refractivity contribution is -0.126. The van der Waals surface area contributed by atoms with E-state index in [9.17, 15) is 18.8 Å². The molecule has 0 spiro atoms. The molecule has 0 unspecified atom stereocenters. The van der Waals surface area contributed by atoms with Gasteiger partial charge in [-0.15, -0.1) is 0 Å². The van der Waals surface area contributed by atoms with E-state index in [0.29, 0.717) is 11.3 Å². The molecule has 4 amide bonds. The van der Waals surface area contributed by atoms with Gasteiger partial charge >= 0.3 is 6.03 Å². The molecule has 2 rings (SSSR count). The maximum Gasteiger partial charge on any atom is 0.318 e. The third-order valence-electron chi connectivity index (χ3n) is 3.55. The number of urea groups is 1. The van der Waals surface area contributed by atoms with E-state index in [1.807, 2.05) is 5.32 Å². The van der Waals surface area contributed by atoms with E-state index < -0.39 is 29.7 Å². The standard InChI is InChI=1S/C18H19FN4O3/c1-23(11-15(24)21-14-9-5-8-13(19)10-14)16(17(25)22-18(20)26)12-6-3-2-4-7-12/h2-10,16H,11H2,1H3,(H,21,24)(H3,20,22,25,26)/t16-/m1/s1. The number of halogens is 1. The monoisotopic (exact) mass is 358 g/mol. The average molecular weight is 358 g/mol. The number of amides is 4. The van der Waals surface area contributed by atoms with E-state index in [-0.39, 0.29) is 6.54 Å². The molecule has 0 bridgehead atoms. The topological polar surface area (TPSA) is 105 Å². The van der Waals surface area contributed by atoms with Crippen molar-refractivity contribution >= 4 is 23.5 Å². The van der Waals surface area contributed by atoms with E-state index in [1.54, 1.807) is 43.4 Å². The third kappa shape index (κ3) is 5.38. The highest BCUT2D eigenvalue weighted by Crippen LogP contribution is 2.19. The van der Waals surface area contributed by atoms with Crippen molar-refractivity contribution in [3.63, 3.8) is 0 Å². The second-order valence-electron chi connectivity index (χ2n) is 5.64. The van der Waals surface area contributed by atoms with Crippen molar-refractivity contribution in [2.45, 2.75) is 6.04 Å². The second kappa shape index (κ2) is 8.72. The van der Waals surface area contributed by atoms with Crippen LogP contribution in [0.3, 0.4) is 0 Å². The van der Waals surface area contributed by atoms with Gasteiger partial charge in [0.1, 0.15) is 11.9 Å². The fourth-order valence-electron chi connectivity index (χ4n) is 2.52. The zero-order valence-electron chi connectivity index (χ0n) is 14.1. The molecule has 0 aliphatic rings. The Morgan fingerprint density at radius 2 is 1.81 bits per heavy atom. The number of nitrogens with one attached hydrogen (secondary N) is 2. The molecule has 0 fully saturated rings. The Balaban J connectivity index is 2.12. The summed E-state index contributed by atoms with van der Waals surface area (Å²) in [6, 6.07) is 12.3. The summed E-state index contributed by atoms with van der Waals surface area (Å²) in [7, 11) is 1.56. The van der Waals surface area contributed by atoms with Crippen LogP contribution in [0.2, 0.25) is 0 Å². The van der Waals surface area contributed by atoms with Gasteiger partial charge in [-0.05, 0) is 30.8 Å². The number of benzene rings is 2. The van der Waals surface area contributed by atoms with Gasteiger partial charge < -0.3 is 11.1 Å². The number of hydrogen-bond donors (Lipinski definition) is 3. The fourth-order valence-corrected chi connectivity index (χ4v) is 2.52. The zero-order chi connectivity index (χ0) is 19.1. The third-order valence-corrected chi connectivity index (χ3v) is 3.55. The first-order chi connectivity index (χ1) is 12.4. The summed E-state index contributed by atoms with van der Waals surface area (Å²) < 4.78 is 13.2. The minimum absolute atomic E-state index is 0.164. The lowest BCUT2D eigenvalue weighted by atomic mass is 10.0. The van der Waals surface area contributed by atoms with Gasteiger partial charge in [-0.25, -0.2) is 9.18 Å². The maximum absolute atomic E-state index is 13.2. The highest BCUT2D eigenvalue weighted by molar-refractivity contribution is 5.97. The second-order valence-corrected chi connectivity index (χ2v) is 5.64. The quantitative estimate of drug-likeness (QED) is 0.730. The molecule has 0 aliphatic heterocycles. The van der Waals surface area contributed by atoms with Crippen LogP contribution in [0, 0.1) is 5.82 Å². The number of nitrogens with zero attached hydrogens (tertiary/aromatic N) is 1. The highest BCUT2D eigenvalue weighted by atomic mass is 19.1. The van der Waals surface area contributed by atoms with E-state index in [2.05, 4.69) is 5.32 Å². The Bertz CT molecular complexity index is 798. The minimum atomic E-state index is -0.978. The van der Waals surface area contributed by atoms with Crippen LogP contribution < -0.4 is 16.4 Å². The lowest BCUT2D eigenvalue weighted by Gasteiger charge is -2.26. The van der Waals surface area contributed by atoms with E-state index in [1.165, 1.54) is 23.1 Å². The number of imide groups is 1. The van der Waals surface area contributed by atoms with Crippen molar-refractivity contribution in [2.24, 2.45) is 5.73 Å². The van der Waals surface area contributed by atoms with Crippen molar-refractivity contribution in [2.75, 3.05) is 18.9 Å². The summed E-state index contributed by atoms with van der Waals surface area (Å²) >= 11 is 0. The van der Waals surface area contributed by atoms with Crippen LogP contribution in [0.4, 0.5) is 14.9 Å². The molecular formula is C18H19FN4O3. The zero-order valence-corrected chi connectivity index (χ0v) is 14.1. The predicted molar refractivity (Wildman–Crippen MR) is 94.6 cm³/mol. The summed E-state index contributed by atoms with van der Waals surface area (Å²) in [5, 5.41) is 4.59. The molecule has 0 aliphatic carbocycles. The number of carbonyl (C=O) groups excluding carboxylic acids is 3. The van der Waals surface area contributed by atoms with E-state index >= 15 is 0 Å². The molecule has 2 aromatic carbocycles. The molecule has 136 valence electrons. The van der Waals surface area contributed by atoms with Crippen LogP contribution in [0.15, 0.2) is 54.6 Å². The normalized spacial score (nSPS) is 11.7. The van der Waals surface area contributed by atoms with Crippen LogP contribution in [0.25, 0.3) is 0 Å². The van der Waals surface area contributed by atoms with Gasteiger partial charge in [-0.3, -0.25) is 19.8 Å². The molecular weight excluding hydrogens is 339 g/mol. The number of carbonyl (C=O) groups is 3. The molecule has 26 heavy (non-hydrogen) atoms. The number of hydrogen-bond acceptors (Lipinski definition) is 4. The van der Waals surface area contributed by atoms with Crippen molar-refractivity contribution < 1.29 is 18.8 Å². The molecule has 7 nitrogen and oxygen atoms in total. The first-order valence-electron chi connectivity index (χ1n) is 7.77. The summed E-state index contributed by atoms with van der Waals surface area (Å²) in [6.07, 6.45) is 0. The first kappa shape index (κ1) is 19.1. The van der Waals surface area contributed by atoms with Crippen molar-refractivity contribution in [3.8, 4) is 0 Å². The predicted octanol–water partition coefficient (Wildman–Crippen LogP) is 1.63. The Labute approximate surface area is 150 Å². The van der Waals surface area contributed by atoms with E-state index in [0.717, 1.165) is 0 Å². The number of rotatable bonds is 6. The molecule has 0 aromatic heterocycles. The van der Waals surface area contributed by atoms with Gasteiger partial charge in [0.25, 0.3) is 0 Å². The summed E-state index contributed by atoms with van der Waals surface area (Å²) in [5.41, 5.74) is 5.92. The van der Waals surface area contributed by atoms with Crippen LogP contribution in [-0.4, -0.2) is 36.3 Å². The molecule has 2 aromatic rings. The van der Waals surface area contributed by atoms with Gasteiger partial charge in [0.2, 0.25) is 11.8 Å². The molecule has 0 radical (unpaired) electrons. The van der Waals surface area contributed by atoms with Crippen LogP contribution in [-0.2, 0) is 9.59 Å². The number of primary amides is 1. The molecule has 1 atom stereocenters. The van der Waals surface area contributed by atoms with Crippen LogP contribution in [0.5, 0.6) is 0 Å². The van der Waals surface area contributed by atoms with Crippen LogP contribution in [0.1, 0.15) is 11.6 Å². The van der Waals surface area contributed by atoms with Gasteiger partial charge in [-0.2, -0.15) is 0 Å². The Hall–Kier alpha value is -3.26. The Morgan fingerprint density at radius 1 is 1.12 bits per heavy atom. The van der Waals surface area contributed by atoms with Gasteiger partial charge in [0.15, 0.2) is 0 Å². The fraction of sp³-hybridized carbons (Fsp3) is 0.167. The number of likely N-dealkylation sites (N-methyl/N-ethyl adjacent to an activating group) is 1. The Morgan fingerprint density at radius 3 is 2.42 bits per heavy atom. The molecule has 0 heterocycles. The first-order valence-corrected chi connectivity index (χ1v) is 7.77. The largest absolute Gasteiger partial charge is 0.351 e. The SMILES string of the molecule is CN(CC(=O)Nc1cccc(F)c1)[C@@H](C(=O)NC(N)=O)c1ccccc1. The lowest BCUT2D eigenvalue weighted by Crippen LogP contribution is -2.45. The highest BCUT2D eigenvalue weighted by Gasteiger charge is 2.27. The Kier molecular flexibility index (Phi) is 6.40. The van der Waals surface area contributed by atoms with Gasteiger partial charge in [0.05, 0.1) is 6.54 Å². The minimum Gasteiger partial charge on any atom is -0.351 e. The van der Waals surface area contributed by atoms with Crippen molar-refractivity contribution in [3.05, 3.63) is 66.0 Å². The summed E-state index contributed by atoms with van der Waals surface area (Å²) in [6.45, 7) is -0.164. The molecule has 8 heteroatoms. The van der Waals surface area contributed by atoms with Crippen molar-refractivity contribution in [1.82, 2.24) is 10.2 Å². The maximum atomic E-state index is 13.2. The van der Waals surface area contributed by atoms with Crippen LogP contribution >= 0.6 is 0 Å². The number of anilines is 1. The molecule has 0 saturated heterocycles. The van der Waals surface area contributed by atoms with Gasteiger partial charge in [0, 0.05) is 5.69 Å². The van der Waals surface area contributed by atoms with E-state index in [4.69, 9.17) is 5.73 Å². The molecule has 0 saturated carbocycles. The van der Waals surface area contributed by atoms with Crippen molar-refractivity contribution in [1.29, 1.82) is 0 Å². The van der Waals surface area contributed by atoms with Gasteiger partial charge in [-0.1, -0.05) is 36.4 Å². The smallest absolute Gasteiger partial charge is 0.318 e. The summed E-state index contributed by atoms with van der Waals surface area (Å²) in [5.74, 6) is -1.56. The summed E-state index contributed by atoms with van der Waals surface area (Å²) in [4.78, 5) is 37.0. The average Bonchev–Trinajstić information content (AvgIpc) is 2.55. The molecule has 4 N–H and O–H groups in total. The number of nitrogens with two attached hydrogens (primary N) is 1.